The second-order valence-electron chi connectivity index (χ2n) is 6.11. The number of hydrogen-bond donors (Lipinski definition) is 2. The van der Waals surface area contributed by atoms with E-state index in [-0.39, 0.29) is 11.3 Å². The van der Waals surface area contributed by atoms with E-state index in [4.69, 9.17) is 4.74 Å². The third kappa shape index (κ3) is 4.26. The lowest BCUT2D eigenvalue weighted by atomic mass is 10.1. The van der Waals surface area contributed by atoms with Crippen LogP contribution in [0.15, 0.2) is 48.5 Å². The van der Waals surface area contributed by atoms with Crippen molar-refractivity contribution in [3.8, 4) is 5.75 Å². The molecule has 26 heavy (non-hydrogen) atoms. The van der Waals surface area contributed by atoms with E-state index in [9.17, 15) is 14.0 Å². The highest BCUT2D eigenvalue weighted by molar-refractivity contribution is 6.04. The van der Waals surface area contributed by atoms with E-state index in [0.717, 1.165) is 12.8 Å². The van der Waals surface area contributed by atoms with Gasteiger partial charge in [0.15, 0.2) is 6.10 Å². The molecule has 136 valence electrons. The first-order chi connectivity index (χ1) is 12.7. The molecule has 1 unspecified atom stereocenters. The fraction of sp³-hybridized carbons (Fsp3) is 0.300. The number of hydrogen-bond acceptors (Lipinski definition) is 4. The van der Waals surface area contributed by atoms with Crippen LogP contribution in [-0.2, 0) is 0 Å². The first-order valence-electron chi connectivity index (χ1n) is 8.70. The van der Waals surface area contributed by atoms with Crippen LogP contribution in [0.25, 0.3) is 0 Å². The van der Waals surface area contributed by atoms with Gasteiger partial charge in [-0.05, 0) is 43.7 Å². The molecule has 1 heterocycles. The van der Waals surface area contributed by atoms with Gasteiger partial charge in [0.05, 0.1) is 11.1 Å². The maximum absolute atomic E-state index is 13.5. The van der Waals surface area contributed by atoms with Crippen LogP contribution in [0.2, 0.25) is 0 Å². The molecule has 0 aliphatic carbocycles. The molecule has 3 rings (SSSR count). The highest BCUT2D eigenvalue weighted by Crippen LogP contribution is 2.27. The smallest absolute Gasteiger partial charge is 0.254 e. The van der Waals surface area contributed by atoms with Crippen LogP contribution in [0.4, 0.5) is 4.39 Å². The predicted octanol–water partition coefficient (Wildman–Crippen LogP) is 2.57. The van der Waals surface area contributed by atoms with Gasteiger partial charge in [-0.15, -0.1) is 0 Å². The van der Waals surface area contributed by atoms with Crippen LogP contribution in [0.1, 0.15) is 33.6 Å². The molecule has 2 aromatic rings. The van der Waals surface area contributed by atoms with Crippen molar-refractivity contribution in [3.63, 3.8) is 0 Å². The summed E-state index contributed by atoms with van der Waals surface area (Å²) in [6.45, 7) is 1.63. The Hall–Kier alpha value is -2.73. The zero-order chi connectivity index (χ0) is 18.4. The van der Waals surface area contributed by atoms with E-state index in [2.05, 4.69) is 10.6 Å². The Labute approximate surface area is 151 Å². The Kier molecular flexibility index (Phi) is 5.96. The number of fused-ring (bicyclic) bond motifs is 1. The highest BCUT2D eigenvalue weighted by Gasteiger charge is 2.31. The molecule has 0 aromatic heterocycles. The van der Waals surface area contributed by atoms with Crippen LogP contribution in [0.5, 0.6) is 5.75 Å². The second kappa shape index (κ2) is 8.58. The van der Waals surface area contributed by atoms with E-state index < -0.39 is 17.8 Å². The monoisotopic (exact) mass is 356 g/mol. The molecular weight excluding hydrogens is 335 g/mol. The van der Waals surface area contributed by atoms with Crippen molar-refractivity contribution in [2.75, 3.05) is 19.6 Å². The summed E-state index contributed by atoms with van der Waals surface area (Å²) in [6.07, 6.45) is 1.10. The van der Waals surface area contributed by atoms with E-state index >= 15 is 0 Å². The summed E-state index contributed by atoms with van der Waals surface area (Å²) in [5.41, 5.74) is 0.692. The number of nitrogens with one attached hydrogen (secondary N) is 2. The number of carbonyl (C=O) groups excluding carboxylic acids is 2. The second-order valence-corrected chi connectivity index (χ2v) is 6.11. The third-order valence-electron chi connectivity index (χ3n) is 4.23. The van der Waals surface area contributed by atoms with Crippen LogP contribution in [-0.4, -0.2) is 37.4 Å². The Bertz CT molecular complexity index is 794. The SMILES string of the molecule is O=C(NCCCCNCC1Oc2ccccc2C1=O)c1ccccc1F. The van der Waals surface area contributed by atoms with Crippen molar-refractivity contribution in [3.05, 3.63) is 65.5 Å². The number of amides is 1. The van der Waals surface area contributed by atoms with Crippen LogP contribution >= 0.6 is 0 Å². The molecule has 0 saturated heterocycles. The van der Waals surface area contributed by atoms with E-state index in [0.29, 0.717) is 30.9 Å². The van der Waals surface area contributed by atoms with Gasteiger partial charge in [-0.3, -0.25) is 9.59 Å². The van der Waals surface area contributed by atoms with Gasteiger partial charge in [-0.25, -0.2) is 4.39 Å². The number of benzene rings is 2. The minimum absolute atomic E-state index is 0.00486. The summed E-state index contributed by atoms with van der Waals surface area (Å²) >= 11 is 0. The minimum atomic E-state index is -0.520. The lowest BCUT2D eigenvalue weighted by Gasteiger charge is -2.11. The molecule has 1 atom stereocenters. The lowest BCUT2D eigenvalue weighted by molar-refractivity contribution is 0.0856. The van der Waals surface area contributed by atoms with Gasteiger partial charge in [-0.1, -0.05) is 24.3 Å². The van der Waals surface area contributed by atoms with Gasteiger partial charge in [0.1, 0.15) is 11.6 Å². The van der Waals surface area contributed by atoms with Crippen molar-refractivity contribution in [2.45, 2.75) is 18.9 Å². The summed E-state index contributed by atoms with van der Waals surface area (Å²) in [5.74, 6) is -0.280. The average Bonchev–Trinajstić information content (AvgIpc) is 2.97. The molecule has 1 aliphatic heterocycles. The number of halogens is 1. The Morgan fingerprint density at radius 3 is 2.58 bits per heavy atom. The highest BCUT2D eigenvalue weighted by atomic mass is 19.1. The number of rotatable bonds is 8. The summed E-state index contributed by atoms with van der Waals surface area (Å²) in [6, 6.07) is 13.2. The summed E-state index contributed by atoms with van der Waals surface area (Å²) < 4.78 is 19.1. The molecule has 2 aromatic carbocycles. The van der Waals surface area contributed by atoms with Gasteiger partial charge >= 0.3 is 0 Å². The Balaban J connectivity index is 1.29. The quantitative estimate of drug-likeness (QED) is 0.714. The molecule has 0 bridgehead atoms. The van der Waals surface area contributed by atoms with Crippen molar-refractivity contribution in [1.82, 2.24) is 10.6 Å². The minimum Gasteiger partial charge on any atom is -0.480 e. The Morgan fingerprint density at radius 1 is 1.04 bits per heavy atom. The lowest BCUT2D eigenvalue weighted by Crippen LogP contribution is -2.34. The van der Waals surface area contributed by atoms with E-state index in [1.165, 1.54) is 12.1 Å². The molecular formula is C20H21FN2O3. The van der Waals surface area contributed by atoms with Crippen molar-refractivity contribution >= 4 is 11.7 Å². The first kappa shape index (κ1) is 18.1. The molecule has 1 aliphatic rings. The van der Waals surface area contributed by atoms with Crippen LogP contribution in [0, 0.1) is 5.82 Å². The van der Waals surface area contributed by atoms with Gasteiger partial charge in [0.25, 0.3) is 5.91 Å². The average molecular weight is 356 g/mol. The molecule has 0 spiro atoms. The van der Waals surface area contributed by atoms with Crippen LogP contribution < -0.4 is 15.4 Å². The predicted molar refractivity (Wildman–Crippen MR) is 96.0 cm³/mol. The molecule has 0 radical (unpaired) electrons. The number of ketones is 1. The first-order valence-corrected chi connectivity index (χ1v) is 8.70. The van der Waals surface area contributed by atoms with Crippen molar-refractivity contribution in [2.24, 2.45) is 0 Å². The molecule has 5 nitrogen and oxygen atoms in total. The van der Waals surface area contributed by atoms with Crippen LogP contribution in [0.3, 0.4) is 0 Å². The number of Topliss-reactive ketones (excluding diaryl/α,β-unsaturated/α-hetero) is 1. The fourth-order valence-corrected chi connectivity index (χ4v) is 2.84. The zero-order valence-corrected chi connectivity index (χ0v) is 14.3. The van der Waals surface area contributed by atoms with Gasteiger partial charge in [-0.2, -0.15) is 0 Å². The van der Waals surface area contributed by atoms with Gasteiger partial charge in [0.2, 0.25) is 5.78 Å². The topological polar surface area (TPSA) is 67.4 Å². The largest absolute Gasteiger partial charge is 0.480 e. The molecule has 0 saturated carbocycles. The number of unbranched alkanes of at least 4 members (excludes halogenated alkanes) is 1. The van der Waals surface area contributed by atoms with E-state index in [1.54, 1.807) is 24.3 Å². The molecule has 6 heteroatoms. The number of carbonyl (C=O) groups is 2. The molecule has 0 fully saturated rings. The maximum Gasteiger partial charge on any atom is 0.254 e. The van der Waals surface area contributed by atoms with Gasteiger partial charge in [0, 0.05) is 13.1 Å². The summed E-state index contributed by atoms with van der Waals surface area (Å²) in [4.78, 5) is 24.0. The summed E-state index contributed by atoms with van der Waals surface area (Å²) in [7, 11) is 0. The normalized spacial score (nSPS) is 15.4. The maximum atomic E-state index is 13.5. The third-order valence-corrected chi connectivity index (χ3v) is 4.23. The van der Waals surface area contributed by atoms with Gasteiger partial charge < -0.3 is 15.4 Å². The number of para-hydroxylation sites is 1. The fourth-order valence-electron chi connectivity index (χ4n) is 2.84. The van der Waals surface area contributed by atoms with Crippen molar-refractivity contribution in [1.29, 1.82) is 0 Å². The summed E-state index contributed by atoms with van der Waals surface area (Å²) in [5, 5.41) is 5.91. The Morgan fingerprint density at radius 2 is 1.77 bits per heavy atom. The number of ether oxygens (including phenoxy) is 1. The zero-order valence-electron chi connectivity index (χ0n) is 14.3. The molecule has 1 amide bonds. The van der Waals surface area contributed by atoms with E-state index in [1.807, 2.05) is 12.1 Å². The standard InChI is InChI=1S/C20H21FN2O3/c21-16-9-3-1-7-14(16)20(25)23-12-6-5-11-22-13-18-19(24)15-8-2-4-10-17(15)26-18/h1-4,7-10,18,22H,5-6,11-13H2,(H,23,25). The molecule has 2 N–H and O–H groups in total. The van der Waals surface area contributed by atoms with Crippen molar-refractivity contribution < 1.29 is 18.7 Å².